The van der Waals surface area contributed by atoms with E-state index >= 15 is 0 Å². The minimum Gasteiger partial charge on any atom is -0.494 e. The first-order valence-electron chi connectivity index (χ1n) is 10.5. The zero-order valence-corrected chi connectivity index (χ0v) is 17.0. The lowest BCUT2D eigenvalue weighted by atomic mass is 9.82. The van der Waals surface area contributed by atoms with Gasteiger partial charge in [-0.3, -0.25) is 0 Å². The second-order valence-corrected chi connectivity index (χ2v) is 7.98. The Bertz CT molecular complexity index is 1030. The summed E-state index contributed by atoms with van der Waals surface area (Å²) < 4.78 is 19.6. The van der Waals surface area contributed by atoms with Crippen molar-refractivity contribution in [2.24, 2.45) is 5.92 Å². The number of rotatable bonds is 5. The fraction of sp³-hybridized carbons (Fsp3) is 0.280. The normalized spacial score (nSPS) is 22.5. The van der Waals surface area contributed by atoms with Crippen LogP contribution in [0.4, 0.5) is 10.1 Å². The summed E-state index contributed by atoms with van der Waals surface area (Å²) >= 11 is 0. The largest absolute Gasteiger partial charge is 0.494 e. The molecule has 4 nitrogen and oxygen atoms in total. The molecule has 0 bridgehead atoms. The zero-order valence-electron chi connectivity index (χ0n) is 17.0. The lowest BCUT2D eigenvalue weighted by molar-refractivity contribution is 0.337. The molecule has 3 unspecified atom stereocenters. The Kier molecular flexibility index (Phi) is 5.15. The second kappa shape index (κ2) is 8.09. The highest BCUT2D eigenvalue weighted by atomic mass is 19.1. The highest BCUT2D eigenvalue weighted by Crippen LogP contribution is 2.46. The molecule has 2 aliphatic rings. The Morgan fingerprint density at radius 3 is 2.60 bits per heavy atom. The molecule has 3 aromatic carbocycles. The monoisotopic (exact) mass is 403 g/mol. The van der Waals surface area contributed by atoms with E-state index in [1.165, 1.54) is 22.9 Å². The fourth-order valence-electron chi connectivity index (χ4n) is 4.78. The number of hydrogen-bond donors (Lipinski definition) is 2. The van der Waals surface area contributed by atoms with Crippen LogP contribution in [0.3, 0.4) is 0 Å². The van der Waals surface area contributed by atoms with Crippen LogP contribution in [0, 0.1) is 11.7 Å². The number of ether oxygens (including phenoxy) is 1. The van der Waals surface area contributed by atoms with Gasteiger partial charge in [-0.15, -0.1) is 0 Å². The number of hydrazine groups is 1. The molecular weight excluding hydrogens is 377 g/mol. The van der Waals surface area contributed by atoms with E-state index in [0.29, 0.717) is 19.1 Å². The van der Waals surface area contributed by atoms with Crippen LogP contribution in [0.25, 0.3) is 0 Å². The van der Waals surface area contributed by atoms with E-state index < -0.39 is 0 Å². The number of fused-ring (bicyclic) bond motifs is 3. The molecule has 2 heterocycles. The third-order valence-corrected chi connectivity index (χ3v) is 6.09. The maximum Gasteiger partial charge on any atom is 0.123 e. The van der Waals surface area contributed by atoms with Crippen molar-refractivity contribution in [3.63, 3.8) is 0 Å². The number of anilines is 1. The summed E-state index contributed by atoms with van der Waals surface area (Å²) in [5, 5.41) is 0. The van der Waals surface area contributed by atoms with E-state index in [9.17, 15) is 4.39 Å². The Balaban J connectivity index is 1.53. The quantitative estimate of drug-likeness (QED) is 0.645. The number of benzene rings is 3. The summed E-state index contributed by atoms with van der Waals surface area (Å²) in [7, 11) is 0. The maximum absolute atomic E-state index is 13.8. The van der Waals surface area contributed by atoms with Crippen molar-refractivity contribution in [2.45, 2.75) is 25.6 Å². The van der Waals surface area contributed by atoms with Gasteiger partial charge in [-0.1, -0.05) is 42.5 Å². The smallest absolute Gasteiger partial charge is 0.123 e. The van der Waals surface area contributed by atoms with E-state index in [1.807, 2.05) is 25.1 Å². The predicted octanol–water partition coefficient (Wildman–Crippen LogP) is 4.75. The Labute approximate surface area is 176 Å². The summed E-state index contributed by atoms with van der Waals surface area (Å²) in [4.78, 5) is 2.37. The number of halogens is 1. The molecule has 3 aromatic rings. The van der Waals surface area contributed by atoms with Crippen molar-refractivity contribution < 1.29 is 9.13 Å². The van der Waals surface area contributed by atoms with E-state index in [1.54, 1.807) is 12.1 Å². The highest BCUT2D eigenvalue weighted by Gasteiger charge is 2.43. The summed E-state index contributed by atoms with van der Waals surface area (Å²) in [6.45, 7) is 4.18. The molecule has 0 aromatic heterocycles. The van der Waals surface area contributed by atoms with Gasteiger partial charge in [0.2, 0.25) is 0 Å². The van der Waals surface area contributed by atoms with Crippen molar-refractivity contribution in [3.8, 4) is 5.75 Å². The van der Waals surface area contributed by atoms with Gasteiger partial charge in [0, 0.05) is 24.7 Å². The molecule has 0 saturated carbocycles. The summed E-state index contributed by atoms with van der Waals surface area (Å²) in [5.74, 6) is 1.03. The average Bonchev–Trinajstić information content (AvgIpc) is 3.19. The first-order chi connectivity index (χ1) is 14.7. The van der Waals surface area contributed by atoms with Crippen molar-refractivity contribution in [1.29, 1.82) is 0 Å². The molecule has 0 amide bonds. The van der Waals surface area contributed by atoms with Gasteiger partial charge < -0.3 is 9.64 Å². The zero-order chi connectivity index (χ0) is 20.5. The van der Waals surface area contributed by atoms with Crippen molar-refractivity contribution in [2.75, 3.05) is 18.1 Å². The van der Waals surface area contributed by atoms with Crippen LogP contribution >= 0.6 is 0 Å². The first kappa shape index (κ1) is 19.1. The minimum absolute atomic E-state index is 0.189. The third-order valence-electron chi connectivity index (χ3n) is 6.09. The predicted molar refractivity (Wildman–Crippen MR) is 117 cm³/mol. The van der Waals surface area contributed by atoms with E-state index in [2.05, 4.69) is 52.1 Å². The number of nitrogens with zero attached hydrogens (tertiary/aromatic N) is 1. The van der Waals surface area contributed by atoms with Crippen LogP contribution in [-0.2, 0) is 6.54 Å². The molecule has 30 heavy (non-hydrogen) atoms. The molecule has 154 valence electrons. The lowest BCUT2D eigenvalue weighted by Gasteiger charge is -2.39. The summed E-state index contributed by atoms with van der Waals surface area (Å²) in [6.07, 6.45) is 0. The molecule has 1 saturated heterocycles. The molecule has 2 N–H and O–H groups in total. The van der Waals surface area contributed by atoms with Gasteiger partial charge in [-0.2, -0.15) is 0 Å². The maximum atomic E-state index is 13.8. The Hall–Kier alpha value is -2.89. The Morgan fingerprint density at radius 1 is 0.967 bits per heavy atom. The van der Waals surface area contributed by atoms with Crippen LogP contribution in [0.15, 0.2) is 72.8 Å². The molecule has 0 aliphatic carbocycles. The molecular formula is C25H26FN3O. The summed E-state index contributed by atoms with van der Waals surface area (Å²) in [6, 6.07) is 24.1. The Morgan fingerprint density at radius 2 is 1.80 bits per heavy atom. The molecule has 0 radical (unpaired) electrons. The molecule has 5 rings (SSSR count). The van der Waals surface area contributed by atoms with Crippen LogP contribution in [-0.4, -0.2) is 13.2 Å². The van der Waals surface area contributed by atoms with E-state index in [0.717, 1.165) is 17.9 Å². The van der Waals surface area contributed by atoms with E-state index in [4.69, 9.17) is 4.74 Å². The van der Waals surface area contributed by atoms with Gasteiger partial charge in [-0.05, 0) is 53.9 Å². The van der Waals surface area contributed by atoms with Crippen molar-refractivity contribution in [1.82, 2.24) is 10.9 Å². The van der Waals surface area contributed by atoms with Gasteiger partial charge in [0.1, 0.15) is 11.6 Å². The fourth-order valence-corrected chi connectivity index (χ4v) is 4.78. The SMILES string of the molecule is CCOc1ccc2c(c1)C1NNC(c3ccccc3)C1CN2Cc1cccc(F)c1. The van der Waals surface area contributed by atoms with Crippen molar-refractivity contribution >= 4 is 5.69 Å². The van der Waals surface area contributed by atoms with Crippen LogP contribution in [0.5, 0.6) is 5.75 Å². The van der Waals surface area contributed by atoms with E-state index in [-0.39, 0.29) is 17.9 Å². The second-order valence-electron chi connectivity index (χ2n) is 7.98. The van der Waals surface area contributed by atoms with Crippen LogP contribution < -0.4 is 20.5 Å². The summed E-state index contributed by atoms with van der Waals surface area (Å²) in [5.41, 5.74) is 11.7. The average molecular weight is 404 g/mol. The topological polar surface area (TPSA) is 36.5 Å². The highest BCUT2D eigenvalue weighted by molar-refractivity contribution is 5.61. The molecule has 0 spiro atoms. The molecule has 2 aliphatic heterocycles. The minimum atomic E-state index is -0.194. The lowest BCUT2D eigenvalue weighted by Crippen LogP contribution is -2.39. The van der Waals surface area contributed by atoms with Gasteiger partial charge in [0.25, 0.3) is 0 Å². The van der Waals surface area contributed by atoms with Gasteiger partial charge >= 0.3 is 0 Å². The standard InChI is InChI=1S/C25H26FN3O/c1-2-30-20-11-12-23-21(14-20)25-22(24(27-28-25)18-8-4-3-5-9-18)16-29(23)15-17-7-6-10-19(26)13-17/h3-14,22,24-25,27-28H,2,15-16H2,1H3. The van der Waals surface area contributed by atoms with Crippen molar-refractivity contribution in [3.05, 3.63) is 95.3 Å². The van der Waals surface area contributed by atoms with Crippen LogP contribution in [0.2, 0.25) is 0 Å². The molecule has 3 atom stereocenters. The first-order valence-corrected chi connectivity index (χ1v) is 10.5. The van der Waals surface area contributed by atoms with Crippen LogP contribution in [0.1, 0.15) is 35.7 Å². The van der Waals surface area contributed by atoms with Gasteiger partial charge in [0.15, 0.2) is 0 Å². The molecule has 5 heteroatoms. The van der Waals surface area contributed by atoms with Gasteiger partial charge in [0.05, 0.1) is 18.7 Å². The molecule has 1 fully saturated rings. The number of nitrogens with one attached hydrogen (secondary N) is 2. The van der Waals surface area contributed by atoms with Gasteiger partial charge in [-0.25, -0.2) is 15.2 Å². The number of hydrogen-bond acceptors (Lipinski definition) is 4. The third kappa shape index (κ3) is 3.55.